The molecule has 1 fully saturated rings. The fraction of sp³-hybridized carbons (Fsp3) is 0.529. The SMILES string of the molecule is C#CC(C)(C)OC(=O)[C@H]1[C@H](C(=O)OCC(=C)Cl)[C@@H]2C=C[C@H]1C2. The zero-order chi connectivity index (χ0) is 16.5. The van der Waals surface area contributed by atoms with Gasteiger partial charge >= 0.3 is 11.9 Å². The molecule has 22 heavy (non-hydrogen) atoms. The molecule has 0 aromatic rings. The van der Waals surface area contributed by atoms with Crippen LogP contribution in [-0.2, 0) is 19.1 Å². The molecule has 0 unspecified atom stereocenters. The van der Waals surface area contributed by atoms with Crippen LogP contribution in [0.25, 0.3) is 0 Å². The molecule has 4 atom stereocenters. The third kappa shape index (κ3) is 3.36. The maximum Gasteiger partial charge on any atom is 0.311 e. The number of hydrogen-bond acceptors (Lipinski definition) is 4. The minimum absolute atomic E-state index is 0.00686. The van der Waals surface area contributed by atoms with Crippen LogP contribution in [0.3, 0.4) is 0 Å². The summed E-state index contributed by atoms with van der Waals surface area (Å²) < 4.78 is 10.5. The first-order chi connectivity index (χ1) is 10.2. The molecule has 0 aromatic heterocycles. The van der Waals surface area contributed by atoms with Crippen LogP contribution in [0, 0.1) is 36.0 Å². The highest BCUT2D eigenvalue weighted by Gasteiger charge is 2.53. The number of ether oxygens (including phenoxy) is 2. The van der Waals surface area contributed by atoms with Crippen molar-refractivity contribution in [3.63, 3.8) is 0 Å². The monoisotopic (exact) mass is 322 g/mol. The van der Waals surface area contributed by atoms with Crippen LogP contribution in [0.1, 0.15) is 20.3 Å². The summed E-state index contributed by atoms with van der Waals surface area (Å²) in [5, 5.41) is 0.236. The molecule has 0 aliphatic heterocycles. The van der Waals surface area contributed by atoms with Gasteiger partial charge in [0, 0.05) is 5.03 Å². The van der Waals surface area contributed by atoms with Gasteiger partial charge in [-0.2, -0.15) is 0 Å². The summed E-state index contributed by atoms with van der Waals surface area (Å²) in [6, 6.07) is 0. The lowest BCUT2D eigenvalue weighted by atomic mass is 9.83. The molecule has 1 saturated carbocycles. The van der Waals surface area contributed by atoms with Crippen molar-refractivity contribution in [2.75, 3.05) is 6.61 Å². The molecule has 2 rings (SSSR count). The zero-order valence-electron chi connectivity index (χ0n) is 12.7. The van der Waals surface area contributed by atoms with Gasteiger partial charge < -0.3 is 9.47 Å². The summed E-state index contributed by atoms with van der Waals surface area (Å²) in [7, 11) is 0. The Morgan fingerprint density at radius 2 is 1.86 bits per heavy atom. The molecule has 2 aliphatic rings. The summed E-state index contributed by atoms with van der Waals surface area (Å²) in [5.41, 5.74) is -0.999. The van der Waals surface area contributed by atoms with Crippen LogP contribution in [0.4, 0.5) is 0 Å². The highest BCUT2D eigenvalue weighted by Crippen LogP contribution is 2.49. The first-order valence-electron chi connectivity index (χ1n) is 7.14. The van der Waals surface area contributed by atoms with Crippen LogP contribution in [-0.4, -0.2) is 24.1 Å². The second-order valence-electron chi connectivity index (χ2n) is 6.20. The summed E-state index contributed by atoms with van der Waals surface area (Å²) in [5.74, 6) is 0.396. The Hall–Kier alpha value is -1.73. The number of terminal acetylenes is 1. The van der Waals surface area contributed by atoms with E-state index in [0.717, 1.165) is 6.42 Å². The van der Waals surface area contributed by atoms with Crippen molar-refractivity contribution in [1.82, 2.24) is 0 Å². The Bertz CT molecular complexity index is 570. The van der Waals surface area contributed by atoms with Gasteiger partial charge in [0.25, 0.3) is 0 Å². The average Bonchev–Trinajstić information content (AvgIpc) is 3.04. The van der Waals surface area contributed by atoms with Crippen molar-refractivity contribution in [2.45, 2.75) is 25.9 Å². The van der Waals surface area contributed by atoms with E-state index in [1.54, 1.807) is 13.8 Å². The highest BCUT2D eigenvalue weighted by atomic mass is 35.5. The van der Waals surface area contributed by atoms with Crippen molar-refractivity contribution >= 4 is 23.5 Å². The Labute approximate surface area is 135 Å². The van der Waals surface area contributed by atoms with E-state index >= 15 is 0 Å². The molecule has 0 amide bonds. The second-order valence-corrected chi connectivity index (χ2v) is 6.74. The van der Waals surface area contributed by atoms with E-state index < -0.39 is 29.4 Å². The van der Waals surface area contributed by atoms with Crippen molar-refractivity contribution < 1.29 is 19.1 Å². The number of fused-ring (bicyclic) bond motifs is 2. The smallest absolute Gasteiger partial charge is 0.311 e. The third-order valence-corrected chi connectivity index (χ3v) is 4.19. The quantitative estimate of drug-likeness (QED) is 0.443. The van der Waals surface area contributed by atoms with E-state index in [2.05, 4.69) is 12.5 Å². The maximum absolute atomic E-state index is 12.5. The topological polar surface area (TPSA) is 52.6 Å². The predicted molar refractivity (Wildman–Crippen MR) is 82.7 cm³/mol. The van der Waals surface area contributed by atoms with Gasteiger partial charge in [-0.3, -0.25) is 9.59 Å². The van der Waals surface area contributed by atoms with E-state index in [-0.39, 0.29) is 23.5 Å². The van der Waals surface area contributed by atoms with E-state index in [9.17, 15) is 9.59 Å². The maximum atomic E-state index is 12.5. The van der Waals surface area contributed by atoms with Gasteiger partial charge in [-0.25, -0.2) is 0 Å². The lowest BCUT2D eigenvalue weighted by Crippen LogP contribution is -2.39. The average molecular weight is 323 g/mol. The minimum atomic E-state index is -0.999. The van der Waals surface area contributed by atoms with Gasteiger partial charge in [0.05, 0.1) is 11.8 Å². The van der Waals surface area contributed by atoms with Crippen molar-refractivity contribution in [3.05, 3.63) is 23.8 Å². The van der Waals surface area contributed by atoms with Crippen molar-refractivity contribution in [1.29, 1.82) is 0 Å². The number of hydrogen-bond donors (Lipinski definition) is 0. The van der Waals surface area contributed by atoms with Crippen LogP contribution >= 0.6 is 11.6 Å². The lowest BCUT2D eigenvalue weighted by Gasteiger charge is -2.28. The molecule has 2 aliphatic carbocycles. The van der Waals surface area contributed by atoms with E-state index in [1.165, 1.54) is 0 Å². The number of allylic oxidation sites excluding steroid dienone is 2. The molecule has 0 radical (unpaired) electrons. The summed E-state index contributed by atoms with van der Waals surface area (Å²) in [6.07, 6.45) is 10.0. The number of rotatable bonds is 5. The van der Waals surface area contributed by atoms with Crippen molar-refractivity contribution in [3.8, 4) is 12.3 Å². The molecular formula is C17H19ClO4. The molecule has 5 heteroatoms. The first kappa shape index (κ1) is 16.6. The molecule has 0 aromatic carbocycles. The Balaban J connectivity index is 2.13. The highest BCUT2D eigenvalue weighted by molar-refractivity contribution is 6.29. The predicted octanol–water partition coefficient (Wildman–Crippen LogP) is 2.68. The number of halogens is 1. The van der Waals surface area contributed by atoms with Gasteiger partial charge in [0.2, 0.25) is 0 Å². The van der Waals surface area contributed by atoms with Crippen LogP contribution in [0.15, 0.2) is 23.8 Å². The molecule has 118 valence electrons. The standard InChI is InChI=1S/C17H19ClO4/c1-5-17(3,4)22-16(20)14-12-7-6-11(8-12)13(14)15(19)21-9-10(2)18/h1,6-7,11-14H,2,8-9H2,3-4H3/t11-,12+,13-,14-/m1/s1. The molecule has 0 N–H and O–H groups in total. The van der Waals surface area contributed by atoms with E-state index in [4.69, 9.17) is 27.5 Å². The van der Waals surface area contributed by atoms with Gasteiger partial charge in [0.15, 0.2) is 5.60 Å². The molecule has 0 heterocycles. The Morgan fingerprint density at radius 1 is 1.32 bits per heavy atom. The molecular weight excluding hydrogens is 304 g/mol. The van der Waals surface area contributed by atoms with E-state index in [1.807, 2.05) is 12.2 Å². The molecule has 4 nitrogen and oxygen atoms in total. The summed E-state index contributed by atoms with van der Waals surface area (Å²) in [6.45, 7) is 6.69. The summed E-state index contributed by atoms with van der Waals surface area (Å²) in [4.78, 5) is 24.7. The normalized spacial score (nSPS) is 29.0. The van der Waals surface area contributed by atoms with Gasteiger partial charge in [-0.1, -0.05) is 36.3 Å². The number of esters is 2. The molecule has 0 spiro atoms. The fourth-order valence-electron chi connectivity index (χ4n) is 3.06. The Morgan fingerprint density at radius 3 is 2.36 bits per heavy atom. The van der Waals surface area contributed by atoms with Gasteiger partial charge in [0.1, 0.15) is 6.61 Å². The van der Waals surface area contributed by atoms with Crippen LogP contribution in [0.5, 0.6) is 0 Å². The van der Waals surface area contributed by atoms with E-state index in [0.29, 0.717) is 0 Å². The summed E-state index contributed by atoms with van der Waals surface area (Å²) >= 11 is 5.61. The third-order valence-electron chi connectivity index (χ3n) is 4.08. The first-order valence-corrected chi connectivity index (χ1v) is 7.52. The van der Waals surface area contributed by atoms with Crippen molar-refractivity contribution in [2.24, 2.45) is 23.7 Å². The fourth-order valence-corrected chi connectivity index (χ4v) is 3.11. The van der Waals surface area contributed by atoms with Crippen LogP contribution in [0.2, 0.25) is 0 Å². The van der Waals surface area contributed by atoms with Crippen LogP contribution < -0.4 is 0 Å². The molecule has 0 saturated heterocycles. The lowest BCUT2D eigenvalue weighted by molar-refractivity contribution is -0.166. The number of carbonyl (C=O) groups excluding carboxylic acids is 2. The minimum Gasteiger partial charge on any atom is -0.460 e. The number of carbonyl (C=O) groups is 2. The van der Waals surface area contributed by atoms with Gasteiger partial charge in [-0.15, -0.1) is 6.42 Å². The Kier molecular flexibility index (Phi) is 4.67. The zero-order valence-corrected chi connectivity index (χ0v) is 13.4. The second kappa shape index (κ2) is 6.18. The largest absolute Gasteiger partial charge is 0.460 e. The molecule has 2 bridgehead atoms. The van der Waals surface area contributed by atoms with Gasteiger partial charge in [-0.05, 0) is 32.1 Å².